The van der Waals surface area contributed by atoms with Crippen LogP contribution in [0.1, 0.15) is 87.5 Å². The van der Waals surface area contributed by atoms with Crippen LogP contribution in [0.2, 0.25) is 0 Å². The van der Waals surface area contributed by atoms with Gasteiger partial charge in [-0.25, -0.2) is 15.3 Å². The van der Waals surface area contributed by atoms with E-state index in [0.717, 1.165) is 35.8 Å². The number of phenols is 1. The Bertz CT molecular complexity index is 1630. The molecule has 2 aromatic heterocycles. The van der Waals surface area contributed by atoms with Crippen LogP contribution >= 0.6 is 0 Å². The summed E-state index contributed by atoms with van der Waals surface area (Å²) in [7, 11) is 0. The number of cyclic esters (lactones) is 1. The Hall–Kier alpha value is -4.25. The average molecular weight is 578 g/mol. The summed E-state index contributed by atoms with van der Waals surface area (Å²) >= 11 is 0. The molecule has 3 aromatic rings. The Labute approximate surface area is 242 Å². The molecule has 1 aromatic carbocycles. The van der Waals surface area contributed by atoms with Crippen LogP contribution in [0.15, 0.2) is 29.1 Å². The van der Waals surface area contributed by atoms with E-state index >= 15 is 0 Å². The van der Waals surface area contributed by atoms with Gasteiger partial charge in [-0.15, -0.1) is 0 Å². The molecule has 3 N–H and O–H groups in total. The number of rotatable bonds is 11. The summed E-state index contributed by atoms with van der Waals surface area (Å²) in [5.41, 5.74) is 3.93. The molecule has 0 saturated heterocycles. The topological polar surface area (TPSA) is 157 Å². The first-order valence-corrected chi connectivity index (χ1v) is 14.5. The van der Waals surface area contributed by atoms with Crippen LogP contribution in [0, 0.1) is 0 Å². The van der Waals surface area contributed by atoms with E-state index in [0.29, 0.717) is 48.3 Å². The predicted molar refractivity (Wildman–Crippen MR) is 152 cm³/mol. The van der Waals surface area contributed by atoms with Crippen LogP contribution in [-0.4, -0.2) is 37.7 Å². The predicted octanol–water partition coefficient (Wildman–Crippen LogP) is 4.13. The Morgan fingerprint density at radius 2 is 1.81 bits per heavy atom. The molecule has 1 amide bonds. The molecule has 1 atom stereocenters. The normalized spacial score (nSPS) is 16.9. The second-order valence-electron chi connectivity index (χ2n) is 10.8. The summed E-state index contributed by atoms with van der Waals surface area (Å²) in [4.78, 5) is 56.0. The van der Waals surface area contributed by atoms with Gasteiger partial charge in [0.25, 0.3) is 5.56 Å². The standard InChI is InChI=1S/C31H35N3O8/c1-3-19-20-14-18(35)12-13-24(20)32-28-21(19)16-34-25(28)15-23-22(29(34)38)17-41-30(39)31(23,4-2)42-27(37)11-9-7-5-6-8-10-26(36)33-40/h12-15,35,40H,3-11,16-17H2,1-2H3,(H,33,36)/t31-/m0/s1. The van der Waals surface area contributed by atoms with Gasteiger partial charge in [0.05, 0.1) is 29.0 Å². The molecule has 4 heterocycles. The number of benzene rings is 1. The molecule has 0 radical (unpaired) electrons. The van der Waals surface area contributed by atoms with E-state index in [9.17, 15) is 24.3 Å². The lowest BCUT2D eigenvalue weighted by Crippen LogP contribution is -2.47. The van der Waals surface area contributed by atoms with E-state index in [1.165, 1.54) is 0 Å². The van der Waals surface area contributed by atoms with Gasteiger partial charge in [-0.1, -0.05) is 33.1 Å². The number of fused-ring (bicyclic) bond motifs is 5. The number of nitrogens with one attached hydrogen (secondary N) is 1. The third kappa shape index (κ3) is 5.13. The third-order valence-electron chi connectivity index (χ3n) is 8.31. The highest BCUT2D eigenvalue weighted by molar-refractivity contribution is 5.90. The Morgan fingerprint density at radius 3 is 2.52 bits per heavy atom. The molecule has 0 unspecified atom stereocenters. The lowest BCUT2D eigenvalue weighted by molar-refractivity contribution is -0.189. The van der Waals surface area contributed by atoms with Crippen LogP contribution in [-0.2, 0) is 49.0 Å². The summed E-state index contributed by atoms with van der Waals surface area (Å²) in [6, 6.07) is 6.75. The van der Waals surface area contributed by atoms with Crippen LogP contribution in [0.4, 0.5) is 0 Å². The van der Waals surface area contributed by atoms with Gasteiger partial charge in [0, 0.05) is 29.4 Å². The molecular formula is C31H35N3O8. The number of hydroxylamine groups is 1. The van der Waals surface area contributed by atoms with Crippen LogP contribution in [0.25, 0.3) is 22.3 Å². The van der Waals surface area contributed by atoms with E-state index in [-0.39, 0.29) is 42.7 Å². The molecule has 11 heteroatoms. The molecule has 0 fully saturated rings. The molecule has 0 saturated carbocycles. The molecule has 11 nitrogen and oxygen atoms in total. The lowest BCUT2D eigenvalue weighted by Gasteiger charge is -2.35. The second kappa shape index (κ2) is 11.9. The van der Waals surface area contributed by atoms with Gasteiger partial charge in [-0.3, -0.25) is 19.6 Å². The van der Waals surface area contributed by atoms with Crippen molar-refractivity contribution >= 4 is 28.7 Å². The van der Waals surface area contributed by atoms with Crippen molar-refractivity contribution in [2.24, 2.45) is 0 Å². The monoisotopic (exact) mass is 577 g/mol. The van der Waals surface area contributed by atoms with Gasteiger partial charge < -0.3 is 19.1 Å². The van der Waals surface area contributed by atoms with Gasteiger partial charge in [-0.05, 0) is 55.5 Å². The fourth-order valence-electron chi connectivity index (χ4n) is 6.10. The second-order valence-corrected chi connectivity index (χ2v) is 10.8. The fourth-order valence-corrected chi connectivity index (χ4v) is 6.10. The molecule has 0 aliphatic carbocycles. The van der Waals surface area contributed by atoms with Gasteiger partial charge in [0.1, 0.15) is 12.4 Å². The van der Waals surface area contributed by atoms with Gasteiger partial charge in [-0.2, -0.15) is 0 Å². The number of aryl methyl sites for hydroxylation is 1. The lowest BCUT2D eigenvalue weighted by atomic mass is 9.85. The highest BCUT2D eigenvalue weighted by Gasteiger charge is 2.50. The maximum Gasteiger partial charge on any atom is 0.355 e. The van der Waals surface area contributed by atoms with Gasteiger partial charge >= 0.3 is 11.9 Å². The number of esters is 2. The smallest absolute Gasteiger partial charge is 0.355 e. The highest BCUT2D eigenvalue weighted by atomic mass is 16.6. The number of amides is 1. The Morgan fingerprint density at radius 1 is 1.07 bits per heavy atom. The zero-order chi connectivity index (χ0) is 30.0. The molecule has 2 aliphatic heterocycles. The maximum absolute atomic E-state index is 13.8. The number of carbonyl (C=O) groups is 3. The Kier molecular flexibility index (Phi) is 8.31. The molecule has 5 rings (SSSR count). The number of nitrogens with zero attached hydrogens (tertiary/aromatic N) is 2. The van der Waals surface area contributed by atoms with Crippen molar-refractivity contribution in [3.8, 4) is 17.1 Å². The van der Waals surface area contributed by atoms with Gasteiger partial charge in [0.2, 0.25) is 11.5 Å². The summed E-state index contributed by atoms with van der Waals surface area (Å²) in [5.74, 6) is -1.54. The number of pyridine rings is 2. The average Bonchev–Trinajstić information content (AvgIpc) is 3.35. The van der Waals surface area contributed by atoms with Crippen LogP contribution in [0.3, 0.4) is 0 Å². The minimum absolute atomic E-state index is 0.0918. The molecule has 0 bridgehead atoms. The fraction of sp³-hybridized carbons (Fsp3) is 0.452. The minimum atomic E-state index is -1.74. The maximum atomic E-state index is 13.8. The number of phenolic OH excluding ortho intramolecular Hbond substituents is 1. The minimum Gasteiger partial charge on any atom is -0.508 e. The number of carbonyl (C=O) groups excluding carboxylic acids is 3. The van der Waals surface area contributed by atoms with E-state index in [1.54, 1.807) is 41.2 Å². The number of aromatic hydroxyl groups is 1. The van der Waals surface area contributed by atoms with Crippen molar-refractivity contribution in [3.05, 3.63) is 56.9 Å². The van der Waals surface area contributed by atoms with Crippen molar-refractivity contribution in [3.63, 3.8) is 0 Å². The summed E-state index contributed by atoms with van der Waals surface area (Å²) in [6.45, 7) is 3.83. The number of hydrogen-bond donors (Lipinski definition) is 3. The summed E-state index contributed by atoms with van der Waals surface area (Å²) < 4.78 is 12.9. The quantitative estimate of drug-likeness (QED) is 0.103. The first kappa shape index (κ1) is 29.2. The third-order valence-corrected chi connectivity index (χ3v) is 8.31. The summed E-state index contributed by atoms with van der Waals surface area (Å²) in [6.07, 6.45) is 4.59. The van der Waals surface area contributed by atoms with E-state index in [2.05, 4.69) is 0 Å². The van der Waals surface area contributed by atoms with Gasteiger partial charge in [0.15, 0.2) is 0 Å². The molecule has 222 valence electrons. The summed E-state index contributed by atoms with van der Waals surface area (Å²) in [5, 5.41) is 19.5. The molecule has 0 spiro atoms. The molecular weight excluding hydrogens is 542 g/mol. The first-order valence-electron chi connectivity index (χ1n) is 14.5. The van der Waals surface area contributed by atoms with Crippen molar-refractivity contribution in [2.45, 2.75) is 90.4 Å². The van der Waals surface area contributed by atoms with Crippen molar-refractivity contribution < 1.29 is 34.2 Å². The number of ether oxygens (including phenoxy) is 2. The largest absolute Gasteiger partial charge is 0.508 e. The molecule has 2 aliphatic rings. The van der Waals surface area contributed by atoms with Crippen molar-refractivity contribution in [1.29, 1.82) is 0 Å². The number of hydrogen-bond acceptors (Lipinski definition) is 9. The zero-order valence-corrected chi connectivity index (χ0v) is 23.8. The Balaban J connectivity index is 1.42. The van der Waals surface area contributed by atoms with E-state index < -0.39 is 23.4 Å². The molecule has 42 heavy (non-hydrogen) atoms. The highest BCUT2D eigenvalue weighted by Crippen LogP contribution is 2.42. The zero-order valence-electron chi connectivity index (χ0n) is 23.8. The number of unbranched alkanes of at least 4 members (excludes halogenated alkanes) is 4. The van der Waals surface area contributed by atoms with Crippen molar-refractivity contribution in [2.75, 3.05) is 0 Å². The number of aromatic nitrogens is 2. The van der Waals surface area contributed by atoms with E-state index in [4.69, 9.17) is 19.7 Å². The van der Waals surface area contributed by atoms with Crippen molar-refractivity contribution in [1.82, 2.24) is 15.0 Å². The SMILES string of the molecule is CCc1c2c(nc3ccc(O)cc13)-c1cc3c(c(=O)n1C2)COC(=O)[C@@]3(CC)OC(=O)CCCCCCCC(=O)NO. The first-order chi connectivity index (χ1) is 20.2. The van der Waals surface area contributed by atoms with Crippen LogP contribution in [0.5, 0.6) is 5.75 Å². The van der Waals surface area contributed by atoms with E-state index in [1.807, 2.05) is 6.92 Å². The van der Waals surface area contributed by atoms with Crippen LogP contribution < -0.4 is 11.0 Å².